The number of aryl methyl sites for hydroxylation is 2. The van der Waals surface area contributed by atoms with Crippen LogP contribution in [0.25, 0.3) is 0 Å². The SMILES string of the molecule is C=C(O)/C(=C/CCN=C(N)N)NC(=O)[C@H](CCCCN)NC(=C)[C@H](Cc1ccc(C)cc1C)NC(=O)[C@@H]1CCCN1C(=C)[C@@H](CCCN)NC(=O)CNC(=C)[C@H](C)NC(=O)[C@@H](C)[C@@H](O)CN. The van der Waals surface area contributed by atoms with Gasteiger partial charge in [0.25, 0.3) is 0 Å². The van der Waals surface area contributed by atoms with Gasteiger partial charge in [-0.2, -0.15) is 0 Å². The van der Waals surface area contributed by atoms with Crippen molar-refractivity contribution in [3.8, 4) is 0 Å². The van der Waals surface area contributed by atoms with Crippen molar-refractivity contribution in [2.24, 2.45) is 39.6 Å². The highest BCUT2D eigenvalue weighted by Crippen LogP contribution is 2.26. The second-order valence-electron chi connectivity index (χ2n) is 16.9. The van der Waals surface area contributed by atoms with E-state index in [-0.39, 0.29) is 48.9 Å². The molecule has 1 aliphatic heterocycles. The molecule has 0 saturated carbocycles. The number of guanidine groups is 1. The molecule has 0 spiro atoms. The number of aliphatic imine (C=N–C) groups is 1. The molecule has 1 heterocycles. The molecule has 7 atom stereocenters. The molecule has 19 nitrogen and oxygen atoms in total. The fraction of sp³-hybridized carbons (Fsp3) is 0.553. The summed E-state index contributed by atoms with van der Waals surface area (Å²) in [6, 6.07) is 2.86. The zero-order valence-electron chi connectivity index (χ0n) is 39.6. The number of nitrogens with two attached hydrogens (primary N) is 5. The number of rotatable bonds is 31. The third-order valence-electron chi connectivity index (χ3n) is 11.6. The van der Waals surface area contributed by atoms with Crippen LogP contribution in [0.1, 0.15) is 81.9 Å². The van der Waals surface area contributed by atoms with E-state index in [4.69, 9.17) is 28.7 Å². The summed E-state index contributed by atoms with van der Waals surface area (Å²) in [5.41, 5.74) is 32.6. The van der Waals surface area contributed by atoms with E-state index < -0.39 is 54.0 Å². The zero-order chi connectivity index (χ0) is 49.5. The smallest absolute Gasteiger partial charge is 0.246 e. The van der Waals surface area contributed by atoms with Gasteiger partial charge < -0.3 is 75.7 Å². The number of unbranched alkanes of at least 4 members (excludes halogenated alkanes) is 1. The van der Waals surface area contributed by atoms with Crippen molar-refractivity contribution in [1.29, 1.82) is 0 Å². The Bertz CT molecular complexity index is 1900. The predicted octanol–water partition coefficient (Wildman–Crippen LogP) is 0.432. The molecular weight excluding hydrogens is 843 g/mol. The first-order valence-corrected chi connectivity index (χ1v) is 22.8. The van der Waals surface area contributed by atoms with Crippen LogP contribution in [0.15, 0.2) is 84.1 Å². The Hall–Kier alpha value is -5.89. The first-order valence-electron chi connectivity index (χ1n) is 22.8. The summed E-state index contributed by atoms with van der Waals surface area (Å²) in [5.74, 6) is -2.63. The van der Waals surface area contributed by atoms with Crippen LogP contribution in [0.4, 0.5) is 0 Å². The Balaban J connectivity index is 2.32. The first kappa shape index (κ1) is 56.2. The normalized spacial score (nSPS) is 16.3. The number of hydrogen-bond donors (Lipinski definition) is 13. The van der Waals surface area contributed by atoms with Gasteiger partial charge in [0, 0.05) is 36.7 Å². The molecule has 0 unspecified atom stereocenters. The zero-order valence-corrected chi connectivity index (χ0v) is 39.6. The molecule has 0 aliphatic carbocycles. The fourth-order valence-corrected chi connectivity index (χ4v) is 7.40. The Morgan fingerprint density at radius 1 is 0.894 bits per heavy atom. The topological polar surface area (TPSA) is 327 Å². The minimum absolute atomic E-state index is 0.0584. The van der Waals surface area contributed by atoms with Crippen molar-refractivity contribution in [3.63, 3.8) is 0 Å². The van der Waals surface area contributed by atoms with Gasteiger partial charge in [0.15, 0.2) is 5.96 Å². The lowest BCUT2D eigenvalue weighted by molar-refractivity contribution is -0.128. The Morgan fingerprint density at radius 3 is 2.20 bits per heavy atom. The highest BCUT2D eigenvalue weighted by Gasteiger charge is 2.36. The van der Waals surface area contributed by atoms with Crippen molar-refractivity contribution in [2.75, 3.05) is 39.3 Å². The number of amides is 4. The summed E-state index contributed by atoms with van der Waals surface area (Å²) in [5, 5.41) is 38.4. The van der Waals surface area contributed by atoms with E-state index in [9.17, 15) is 29.4 Å². The van der Waals surface area contributed by atoms with Crippen LogP contribution in [-0.2, 0) is 25.6 Å². The molecule has 19 heteroatoms. The minimum atomic E-state index is -0.993. The van der Waals surface area contributed by atoms with E-state index in [2.05, 4.69) is 69.3 Å². The maximum absolute atomic E-state index is 14.5. The van der Waals surface area contributed by atoms with E-state index in [0.717, 1.165) is 16.7 Å². The number of nitrogens with one attached hydrogen (secondary N) is 6. The third kappa shape index (κ3) is 18.9. The van der Waals surface area contributed by atoms with Crippen LogP contribution < -0.4 is 60.6 Å². The maximum atomic E-state index is 14.5. The van der Waals surface area contributed by atoms with E-state index in [1.807, 2.05) is 30.9 Å². The lowest BCUT2D eigenvalue weighted by atomic mass is 9.96. The molecule has 0 bridgehead atoms. The fourth-order valence-electron chi connectivity index (χ4n) is 7.40. The van der Waals surface area contributed by atoms with Crippen LogP contribution in [0, 0.1) is 19.8 Å². The Labute approximate surface area is 391 Å². The van der Waals surface area contributed by atoms with Crippen molar-refractivity contribution < 1.29 is 29.4 Å². The monoisotopic (exact) mass is 922 g/mol. The maximum Gasteiger partial charge on any atom is 0.246 e. The number of likely N-dealkylation sites (tertiary alicyclic amines) is 1. The highest BCUT2D eigenvalue weighted by atomic mass is 16.3. The number of carbonyl (C=O) groups excluding carboxylic acids is 4. The van der Waals surface area contributed by atoms with Gasteiger partial charge in [0.1, 0.15) is 17.8 Å². The van der Waals surface area contributed by atoms with E-state index in [1.165, 1.54) is 0 Å². The van der Waals surface area contributed by atoms with Crippen LogP contribution in [0.2, 0.25) is 0 Å². The van der Waals surface area contributed by atoms with Crippen molar-refractivity contribution in [1.82, 2.24) is 36.8 Å². The quantitative estimate of drug-likeness (QED) is 0.0158. The summed E-state index contributed by atoms with van der Waals surface area (Å²) in [7, 11) is 0. The standard InChI is InChI=1S/C47H79N13O6/c1-28-18-19-36(29(2)24-28)25-40(33(6)55-39(14-9-10-20-48)45(65)58-38(35(8)61)16-12-22-53-47(51)52)59-46(66)41-17-13-23-60(41)34(7)37(15-11-21-49)57-43(63)27-54-31(4)32(5)56-44(64)30(3)42(62)26-50/h16,18-19,24,30,32,37,39-42,54-55,61-62H,4,6-15,17,20-23,25-27,48-50H2,1-3,5H3,(H,56,64)(H,57,63)(H,58,65)(H,59,66)(H4,51,52,53)/b38-16-/t30-,32-,37+,39-,40-,41-,42-/m0/s1. The first-order chi connectivity index (χ1) is 31.2. The van der Waals surface area contributed by atoms with Gasteiger partial charge in [0.2, 0.25) is 23.6 Å². The van der Waals surface area contributed by atoms with Gasteiger partial charge >= 0.3 is 0 Å². The summed E-state index contributed by atoms with van der Waals surface area (Å²) < 4.78 is 0. The number of benzene rings is 1. The molecule has 1 fully saturated rings. The lowest BCUT2D eigenvalue weighted by Gasteiger charge is -2.34. The van der Waals surface area contributed by atoms with Gasteiger partial charge in [-0.05, 0) is 103 Å². The average Bonchev–Trinajstić information content (AvgIpc) is 3.77. The van der Waals surface area contributed by atoms with Crippen molar-refractivity contribution in [3.05, 3.63) is 95.8 Å². The van der Waals surface area contributed by atoms with Crippen molar-refractivity contribution >= 4 is 29.6 Å². The van der Waals surface area contributed by atoms with Gasteiger partial charge in [-0.15, -0.1) is 0 Å². The Morgan fingerprint density at radius 2 is 1.58 bits per heavy atom. The predicted molar refractivity (Wildman–Crippen MR) is 262 cm³/mol. The number of aliphatic hydroxyl groups excluding tert-OH is 2. The summed E-state index contributed by atoms with van der Waals surface area (Å²) in [6.45, 7) is 24.9. The van der Waals surface area contributed by atoms with E-state index in [0.29, 0.717) is 94.5 Å². The van der Waals surface area contributed by atoms with Crippen LogP contribution in [0.5, 0.6) is 0 Å². The van der Waals surface area contributed by atoms with Crippen LogP contribution in [0.3, 0.4) is 0 Å². The molecule has 18 N–H and O–H groups in total. The number of hydrogen-bond acceptors (Lipinski definition) is 13. The van der Waals surface area contributed by atoms with Crippen LogP contribution >= 0.6 is 0 Å². The molecule has 1 aliphatic rings. The summed E-state index contributed by atoms with van der Waals surface area (Å²) in [6.07, 6.45) is 5.18. The molecule has 1 saturated heterocycles. The largest absolute Gasteiger partial charge is 0.506 e. The van der Waals surface area contributed by atoms with E-state index >= 15 is 0 Å². The minimum Gasteiger partial charge on any atom is -0.506 e. The van der Waals surface area contributed by atoms with Crippen LogP contribution in [-0.4, -0.2) is 120 Å². The highest BCUT2D eigenvalue weighted by molar-refractivity contribution is 5.85. The number of aliphatic hydroxyl groups is 2. The molecule has 2 rings (SSSR count). The van der Waals surface area contributed by atoms with Gasteiger partial charge in [-0.25, -0.2) is 0 Å². The number of carbonyl (C=O) groups is 4. The Kier molecular flexibility index (Phi) is 24.6. The molecular formula is C47H79N13O6. The lowest BCUT2D eigenvalue weighted by Crippen LogP contribution is -2.53. The third-order valence-corrected chi connectivity index (χ3v) is 11.6. The molecule has 1 aromatic carbocycles. The van der Waals surface area contributed by atoms with E-state index in [1.54, 1.807) is 19.9 Å². The molecule has 0 radical (unpaired) electrons. The van der Waals surface area contributed by atoms with Gasteiger partial charge in [-0.1, -0.05) is 63.1 Å². The summed E-state index contributed by atoms with van der Waals surface area (Å²) >= 11 is 0. The molecule has 1 aromatic rings. The molecule has 4 amide bonds. The van der Waals surface area contributed by atoms with Gasteiger partial charge in [0.05, 0.1) is 42.4 Å². The average molecular weight is 922 g/mol. The second-order valence-corrected chi connectivity index (χ2v) is 16.9. The number of nitrogens with zero attached hydrogens (tertiary/aromatic N) is 2. The van der Waals surface area contributed by atoms with Crippen molar-refractivity contribution in [2.45, 2.75) is 122 Å². The van der Waals surface area contributed by atoms with Gasteiger partial charge in [-0.3, -0.25) is 24.2 Å². The summed E-state index contributed by atoms with van der Waals surface area (Å²) in [4.78, 5) is 60.2. The molecule has 368 valence electrons. The molecule has 66 heavy (non-hydrogen) atoms. The second kappa shape index (κ2) is 28.9. The molecule has 0 aromatic heterocycles.